The molecule has 2 rings (SSSR count). The van der Waals surface area contributed by atoms with E-state index >= 15 is 0 Å². The average molecular weight is 285 g/mol. The molecule has 2 heterocycles. The van der Waals surface area contributed by atoms with Crippen LogP contribution in [-0.4, -0.2) is 19.9 Å². The van der Waals surface area contributed by atoms with Crippen molar-refractivity contribution in [1.29, 1.82) is 0 Å². The first-order chi connectivity index (χ1) is 7.63. The summed E-state index contributed by atoms with van der Waals surface area (Å²) in [5, 5.41) is 8.04. The quantitative estimate of drug-likeness (QED) is 0.864. The fourth-order valence-electron chi connectivity index (χ4n) is 1.36. The molecule has 0 saturated heterocycles. The molecule has 86 valence electrons. The minimum Gasteiger partial charge on any atom is -0.339 e. The highest BCUT2D eigenvalue weighted by molar-refractivity contribution is 9.10. The van der Waals surface area contributed by atoms with Gasteiger partial charge in [0.05, 0.1) is 10.7 Å². The van der Waals surface area contributed by atoms with E-state index in [0.29, 0.717) is 24.2 Å². The lowest BCUT2D eigenvalue weighted by atomic mass is 10.1. The number of halogens is 1. The van der Waals surface area contributed by atoms with Crippen molar-refractivity contribution in [3.8, 4) is 0 Å². The third-order valence-corrected chi connectivity index (χ3v) is 2.41. The van der Waals surface area contributed by atoms with Crippen LogP contribution in [0, 0.1) is 5.92 Å². The number of hydrogen-bond acceptors (Lipinski definition) is 4. The van der Waals surface area contributed by atoms with E-state index in [2.05, 4.69) is 45.0 Å². The Morgan fingerprint density at radius 1 is 1.50 bits per heavy atom. The maximum Gasteiger partial charge on any atom is 0.226 e. The molecule has 0 fully saturated rings. The van der Waals surface area contributed by atoms with Crippen LogP contribution in [0.2, 0.25) is 0 Å². The Kier molecular flexibility index (Phi) is 3.38. The van der Waals surface area contributed by atoms with Crippen molar-refractivity contribution in [3.05, 3.63) is 28.6 Å². The number of aromatic nitrogens is 4. The predicted molar refractivity (Wildman–Crippen MR) is 61.9 cm³/mol. The highest BCUT2D eigenvalue weighted by Gasteiger charge is 2.08. The second-order valence-corrected chi connectivity index (χ2v) is 4.97. The zero-order chi connectivity index (χ0) is 11.5. The summed E-state index contributed by atoms with van der Waals surface area (Å²) in [7, 11) is 0. The topological polar surface area (TPSA) is 56.7 Å². The number of nitrogens with zero attached hydrogens (tertiary/aromatic N) is 4. The molecule has 0 spiro atoms. The Hall–Kier alpha value is -1.17. The van der Waals surface area contributed by atoms with E-state index in [0.717, 1.165) is 10.9 Å². The van der Waals surface area contributed by atoms with Gasteiger partial charge in [0.15, 0.2) is 5.82 Å². The van der Waals surface area contributed by atoms with Crippen molar-refractivity contribution in [2.45, 2.75) is 26.8 Å². The predicted octanol–water partition coefficient (Wildman–Crippen LogP) is 2.28. The molecule has 0 aliphatic rings. The lowest BCUT2D eigenvalue weighted by Crippen LogP contribution is -2.02. The van der Waals surface area contributed by atoms with Crippen LogP contribution < -0.4 is 0 Å². The lowest BCUT2D eigenvalue weighted by molar-refractivity contribution is 0.357. The van der Waals surface area contributed by atoms with Gasteiger partial charge in [-0.15, -0.1) is 0 Å². The van der Waals surface area contributed by atoms with Gasteiger partial charge in [-0.3, -0.25) is 4.68 Å². The highest BCUT2D eigenvalue weighted by Crippen LogP contribution is 2.09. The standard InChI is InChI=1S/C10H13BrN4O/c1-7(2)3-10-13-9(14-16-10)6-15-5-8(11)4-12-15/h4-5,7H,3,6H2,1-2H3. The minimum absolute atomic E-state index is 0.521. The van der Waals surface area contributed by atoms with Gasteiger partial charge in [-0.05, 0) is 21.8 Å². The second kappa shape index (κ2) is 4.78. The second-order valence-electron chi connectivity index (χ2n) is 4.06. The molecule has 0 saturated carbocycles. The van der Waals surface area contributed by atoms with Crippen LogP contribution in [0.25, 0.3) is 0 Å². The molecule has 0 aromatic carbocycles. The first kappa shape index (κ1) is 11.3. The van der Waals surface area contributed by atoms with Crippen molar-refractivity contribution in [1.82, 2.24) is 19.9 Å². The molecule has 0 radical (unpaired) electrons. The van der Waals surface area contributed by atoms with Crippen molar-refractivity contribution in [2.75, 3.05) is 0 Å². The van der Waals surface area contributed by atoms with Crippen LogP contribution in [0.1, 0.15) is 25.6 Å². The monoisotopic (exact) mass is 284 g/mol. The summed E-state index contributed by atoms with van der Waals surface area (Å²) in [5.74, 6) is 1.87. The fraction of sp³-hybridized carbons (Fsp3) is 0.500. The van der Waals surface area contributed by atoms with Crippen LogP contribution in [0.4, 0.5) is 0 Å². The zero-order valence-corrected chi connectivity index (χ0v) is 10.8. The van der Waals surface area contributed by atoms with E-state index in [1.807, 2.05) is 6.20 Å². The van der Waals surface area contributed by atoms with Gasteiger partial charge in [-0.2, -0.15) is 10.1 Å². The number of hydrogen-bond donors (Lipinski definition) is 0. The normalized spacial score (nSPS) is 11.2. The van der Waals surface area contributed by atoms with E-state index in [4.69, 9.17) is 4.52 Å². The molecule has 5 nitrogen and oxygen atoms in total. The average Bonchev–Trinajstić information content (AvgIpc) is 2.76. The summed E-state index contributed by atoms with van der Waals surface area (Å²) in [4.78, 5) is 4.30. The molecule has 0 bridgehead atoms. The van der Waals surface area contributed by atoms with Crippen LogP contribution in [0.5, 0.6) is 0 Å². The lowest BCUT2D eigenvalue weighted by Gasteiger charge is -1.96. The molecule has 0 unspecified atom stereocenters. The van der Waals surface area contributed by atoms with Gasteiger partial charge in [0.1, 0.15) is 6.54 Å². The fourth-order valence-corrected chi connectivity index (χ4v) is 1.68. The van der Waals surface area contributed by atoms with Gasteiger partial charge >= 0.3 is 0 Å². The Morgan fingerprint density at radius 3 is 2.94 bits per heavy atom. The SMILES string of the molecule is CC(C)Cc1nc(Cn2cc(Br)cn2)no1. The van der Waals surface area contributed by atoms with Crippen LogP contribution in [0.15, 0.2) is 21.4 Å². The molecule has 0 N–H and O–H groups in total. The van der Waals surface area contributed by atoms with E-state index in [9.17, 15) is 0 Å². The van der Waals surface area contributed by atoms with Crippen molar-refractivity contribution in [2.24, 2.45) is 5.92 Å². The molecular formula is C10H13BrN4O. The smallest absolute Gasteiger partial charge is 0.226 e. The Labute approximate surface area is 102 Å². The molecule has 2 aromatic heterocycles. The van der Waals surface area contributed by atoms with Gasteiger partial charge in [0.2, 0.25) is 5.89 Å². The minimum atomic E-state index is 0.521. The molecular weight excluding hydrogens is 272 g/mol. The molecule has 0 atom stereocenters. The molecule has 0 aliphatic heterocycles. The largest absolute Gasteiger partial charge is 0.339 e. The maximum atomic E-state index is 5.14. The first-order valence-electron chi connectivity index (χ1n) is 5.13. The molecule has 16 heavy (non-hydrogen) atoms. The Balaban J connectivity index is 2.02. The highest BCUT2D eigenvalue weighted by atomic mass is 79.9. The van der Waals surface area contributed by atoms with Crippen LogP contribution in [0.3, 0.4) is 0 Å². The van der Waals surface area contributed by atoms with E-state index in [-0.39, 0.29) is 0 Å². The first-order valence-corrected chi connectivity index (χ1v) is 5.92. The molecule has 2 aromatic rings. The molecule has 6 heteroatoms. The zero-order valence-electron chi connectivity index (χ0n) is 9.22. The van der Waals surface area contributed by atoms with E-state index < -0.39 is 0 Å². The third kappa shape index (κ3) is 2.91. The van der Waals surface area contributed by atoms with Crippen LogP contribution >= 0.6 is 15.9 Å². The van der Waals surface area contributed by atoms with Crippen molar-refractivity contribution in [3.63, 3.8) is 0 Å². The number of rotatable bonds is 4. The van der Waals surface area contributed by atoms with Crippen molar-refractivity contribution >= 4 is 15.9 Å². The van der Waals surface area contributed by atoms with E-state index in [1.54, 1.807) is 10.9 Å². The van der Waals surface area contributed by atoms with Crippen LogP contribution in [-0.2, 0) is 13.0 Å². The summed E-state index contributed by atoms with van der Waals surface area (Å²) in [6, 6.07) is 0. The van der Waals surface area contributed by atoms with E-state index in [1.165, 1.54) is 0 Å². The van der Waals surface area contributed by atoms with Gasteiger partial charge in [0, 0.05) is 12.6 Å². The summed E-state index contributed by atoms with van der Waals surface area (Å²) in [5.41, 5.74) is 0. The summed E-state index contributed by atoms with van der Waals surface area (Å²) in [6.45, 7) is 4.77. The van der Waals surface area contributed by atoms with Crippen molar-refractivity contribution < 1.29 is 4.52 Å². The molecule has 0 amide bonds. The maximum absolute atomic E-state index is 5.14. The summed E-state index contributed by atoms with van der Waals surface area (Å²) in [6.07, 6.45) is 4.42. The summed E-state index contributed by atoms with van der Waals surface area (Å²) < 4.78 is 7.84. The van der Waals surface area contributed by atoms with Gasteiger partial charge in [-0.1, -0.05) is 19.0 Å². The summed E-state index contributed by atoms with van der Waals surface area (Å²) >= 11 is 3.34. The van der Waals surface area contributed by atoms with Gasteiger partial charge < -0.3 is 4.52 Å². The Bertz CT molecular complexity index is 463. The van der Waals surface area contributed by atoms with Gasteiger partial charge in [-0.25, -0.2) is 0 Å². The van der Waals surface area contributed by atoms with Gasteiger partial charge in [0.25, 0.3) is 0 Å². The molecule has 0 aliphatic carbocycles. The Morgan fingerprint density at radius 2 is 2.31 bits per heavy atom. The third-order valence-electron chi connectivity index (χ3n) is 2.00.